The van der Waals surface area contributed by atoms with E-state index in [1.165, 1.54) is 4.90 Å². The molecule has 0 bridgehead atoms. The highest BCUT2D eigenvalue weighted by Gasteiger charge is 2.60. The lowest BCUT2D eigenvalue weighted by molar-refractivity contribution is -0.155. The summed E-state index contributed by atoms with van der Waals surface area (Å²) >= 11 is 1.57. The molecular weight excluding hydrogens is 372 g/mol. The number of piperidine rings is 1. The zero-order valence-electron chi connectivity index (χ0n) is 15.5. The van der Waals surface area contributed by atoms with Crippen LogP contribution in [0.3, 0.4) is 0 Å². The first-order valence-corrected chi connectivity index (χ1v) is 10.0. The minimum Gasteiger partial charge on any atom is -0.456 e. The van der Waals surface area contributed by atoms with Gasteiger partial charge in [0.05, 0.1) is 16.1 Å². The summed E-state index contributed by atoms with van der Waals surface area (Å²) in [6.45, 7) is 5.26. The average Bonchev–Trinajstić information content (AvgIpc) is 3.32. The van der Waals surface area contributed by atoms with Gasteiger partial charge in [0.1, 0.15) is 5.76 Å². The molecule has 0 aliphatic carbocycles. The van der Waals surface area contributed by atoms with Crippen molar-refractivity contribution < 1.29 is 18.0 Å². The van der Waals surface area contributed by atoms with Crippen molar-refractivity contribution in [3.05, 3.63) is 39.7 Å². The van der Waals surface area contributed by atoms with E-state index in [1.54, 1.807) is 30.4 Å². The molecule has 1 unspecified atom stereocenters. The van der Waals surface area contributed by atoms with Crippen LogP contribution in [0.1, 0.15) is 39.9 Å². The van der Waals surface area contributed by atoms with Crippen molar-refractivity contribution in [2.75, 3.05) is 26.2 Å². The number of likely N-dealkylation sites (tertiary alicyclic amines) is 2. The van der Waals surface area contributed by atoms with Crippen LogP contribution in [-0.2, 0) is 6.54 Å². The Morgan fingerprint density at radius 3 is 2.74 bits per heavy atom. The number of carbonyl (C=O) groups is 1. The number of aryl methyl sites for hydroxylation is 2. The monoisotopic (exact) mass is 395 g/mol. The Hall–Kier alpha value is -1.80. The van der Waals surface area contributed by atoms with E-state index in [2.05, 4.69) is 4.98 Å². The largest absolute Gasteiger partial charge is 0.456 e. The van der Waals surface area contributed by atoms with Crippen molar-refractivity contribution in [1.82, 2.24) is 14.8 Å². The molecule has 27 heavy (non-hydrogen) atoms. The van der Waals surface area contributed by atoms with Crippen LogP contribution in [0.5, 0.6) is 0 Å². The van der Waals surface area contributed by atoms with E-state index in [0.717, 1.165) is 10.7 Å². The van der Waals surface area contributed by atoms with Crippen LogP contribution in [0.2, 0.25) is 0 Å². The van der Waals surface area contributed by atoms with Crippen molar-refractivity contribution in [1.29, 1.82) is 0 Å². The van der Waals surface area contributed by atoms with Crippen molar-refractivity contribution in [3.8, 4) is 0 Å². The number of hydrogen-bond donors (Lipinski definition) is 0. The fourth-order valence-electron chi connectivity index (χ4n) is 4.21. The molecule has 2 fully saturated rings. The number of thiazole rings is 1. The number of rotatable bonds is 3. The number of carbonyl (C=O) groups excluding carboxylic acids is 1. The summed E-state index contributed by atoms with van der Waals surface area (Å²) in [5, 5.41) is 2.96. The van der Waals surface area contributed by atoms with E-state index in [-0.39, 0.29) is 37.7 Å². The molecule has 5 nitrogen and oxygen atoms in total. The molecule has 146 valence electrons. The first kappa shape index (κ1) is 18.6. The van der Waals surface area contributed by atoms with Gasteiger partial charge in [-0.05, 0) is 38.9 Å². The van der Waals surface area contributed by atoms with Crippen molar-refractivity contribution in [2.45, 2.75) is 39.2 Å². The van der Waals surface area contributed by atoms with E-state index in [1.807, 2.05) is 17.2 Å². The maximum Gasteiger partial charge on any atom is 0.289 e. The predicted octanol–water partition coefficient (Wildman–Crippen LogP) is 3.73. The fraction of sp³-hybridized carbons (Fsp3) is 0.579. The Morgan fingerprint density at radius 1 is 1.26 bits per heavy atom. The summed E-state index contributed by atoms with van der Waals surface area (Å²) in [6.07, 6.45) is 0.0756. The van der Waals surface area contributed by atoms with Crippen LogP contribution < -0.4 is 0 Å². The minimum atomic E-state index is -2.78. The third-order valence-corrected chi connectivity index (χ3v) is 6.51. The minimum absolute atomic E-state index is 0.0542. The van der Waals surface area contributed by atoms with E-state index in [9.17, 15) is 13.6 Å². The van der Waals surface area contributed by atoms with Crippen LogP contribution in [0, 0.1) is 19.3 Å². The zero-order chi connectivity index (χ0) is 19.2. The molecule has 0 radical (unpaired) electrons. The number of furan rings is 1. The van der Waals surface area contributed by atoms with Gasteiger partial charge in [-0.2, -0.15) is 0 Å². The SMILES string of the molecule is Cc1ccc(C(=O)N2CCC(F)(F)C3(CCN(Cc4csc(C)n4)C3)C2)o1. The summed E-state index contributed by atoms with van der Waals surface area (Å²) in [6, 6.07) is 3.33. The van der Waals surface area contributed by atoms with Crippen molar-refractivity contribution >= 4 is 17.2 Å². The molecular formula is C19H23F2N3O2S. The number of aromatic nitrogens is 1. The second-order valence-corrected chi connectivity index (χ2v) is 8.75. The Kier molecular flexibility index (Phi) is 4.58. The first-order valence-electron chi connectivity index (χ1n) is 9.15. The highest BCUT2D eigenvalue weighted by molar-refractivity contribution is 7.09. The Labute approximate surface area is 161 Å². The molecule has 2 saturated heterocycles. The van der Waals surface area contributed by atoms with Crippen molar-refractivity contribution in [2.24, 2.45) is 5.41 Å². The Bertz CT molecular complexity index is 850. The standard InChI is InChI=1S/C19H23F2N3O2S/c1-13-3-4-16(26-13)17(25)24-8-6-19(20,21)18(12-24)5-7-23(11-18)9-15-10-27-14(2)22-15/h3-4,10H,5-9,11-12H2,1-2H3. The van der Waals surface area contributed by atoms with Gasteiger partial charge in [0.15, 0.2) is 5.76 Å². The third kappa shape index (κ3) is 3.40. The molecule has 2 aromatic heterocycles. The predicted molar refractivity (Wildman–Crippen MR) is 98.1 cm³/mol. The summed E-state index contributed by atoms with van der Waals surface area (Å²) < 4.78 is 35.3. The van der Waals surface area contributed by atoms with Gasteiger partial charge in [-0.1, -0.05) is 0 Å². The van der Waals surface area contributed by atoms with E-state index >= 15 is 0 Å². The normalized spacial score (nSPS) is 25.4. The quantitative estimate of drug-likeness (QED) is 0.795. The molecule has 1 spiro atoms. The topological polar surface area (TPSA) is 49.6 Å². The fourth-order valence-corrected chi connectivity index (χ4v) is 4.81. The molecule has 4 heterocycles. The second kappa shape index (κ2) is 6.67. The number of alkyl halides is 2. The van der Waals surface area contributed by atoms with Crippen LogP contribution >= 0.6 is 11.3 Å². The van der Waals surface area contributed by atoms with Gasteiger partial charge in [-0.15, -0.1) is 11.3 Å². The van der Waals surface area contributed by atoms with Crippen LogP contribution in [0.4, 0.5) is 8.78 Å². The van der Waals surface area contributed by atoms with Gasteiger partial charge in [0.25, 0.3) is 11.8 Å². The smallest absolute Gasteiger partial charge is 0.289 e. The molecule has 0 saturated carbocycles. The molecule has 2 aliphatic heterocycles. The Morgan fingerprint density at radius 2 is 2.07 bits per heavy atom. The molecule has 0 N–H and O–H groups in total. The molecule has 0 aromatic carbocycles. The van der Waals surface area contributed by atoms with E-state index in [4.69, 9.17) is 4.42 Å². The molecule has 1 amide bonds. The molecule has 1 atom stereocenters. The maximum absolute atomic E-state index is 14.9. The van der Waals surface area contributed by atoms with Crippen molar-refractivity contribution in [3.63, 3.8) is 0 Å². The van der Waals surface area contributed by atoms with Gasteiger partial charge < -0.3 is 9.32 Å². The van der Waals surface area contributed by atoms with E-state index < -0.39 is 11.3 Å². The summed E-state index contributed by atoms with van der Waals surface area (Å²) in [5.41, 5.74) is -0.277. The number of hydrogen-bond acceptors (Lipinski definition) is 5. The zero-order valence-corrected chi connectivity index (χ0v) is 16.3. The highest BCUT2D eigenvalue weighted by atomic mass is 32.1. The van der Waals surface area contributed by atoms with Crippen LogP contribution in [0.15, 0.2) is 21.9 Å². The highest BCUT2D eigenvalue weighted by Crippen LogP contribution is 2.49. The number of halogens is 2. The third-order valence-electron chi connectivity index (χ3n) is 5.69. The lowest BCUT2D eigenvalue weighted by Gasteiger charge is -2.45. The van der Waals surface area contributed by atoms with Gasteiger partial charge in [-0.3, -0.25) is 9.69 Å². The number of nitrogens with zero attached hydrogens (tertiary/aromatic N) is 3. The second-order valence-electron chi connectivity index (χ2n) is 7.69. The lowest BCUT2D eigenvalue weighted by Crippen LogP contribution is -2.58. The first-order chi connectivity index (χ1) is 12.8. The van der Waals surface area contributed by atoms with Gasteiger partial charge in [0, 0.05) is 38.0 Å². The molecule has 2 aromatic rings. The van der Waals surface area contributed by atoms with Crippen LogP contribution in [0.25, 0.3) is 0 Å². The molecule has 2 aliphatic rings. The number of amides is 1. The summed E-state index contributed by atoms with van der Waals surface area (Å²) in [7, 11) is 0. The Balaban J connectivity index is 1.50. The molecule has 4 rings (SSSR count). The van der Waals surface area contributed by atoms with E-state index in [0.29, 0.717) is 25.3 Å². The van der Waals surface area contributed by atoms with Crippen LogP contribution in [-0.4, -0.2) is 52.8 Å². The van der Waals surface area contributed by atoms with Gasteiger partial charge in [0.2, 0.25) is 0 Å². The van der Waals surface area contributed by atoms with Gasteiger partial charge >= 0.3 is 0 Å². The molecule has 8 heteroatoms. The summed E-state index contributed by atoms with van der Waals surface area (Å²) in [5.74, 6) is -2.22. The summed E-state index contributed by atoms with van der Waals surface area (Å²) in [4.78, 5) is 20.7. The average molecular weight is 395 g/mol. The lowest BCUT2D eigenvalue weighted by atomic mass is 9.75. The maximum atomic E-state index is 14.9. The van der Waals surface area contributed by atoms with Gasteiger partial charge in [-0.25, -0.2) is 13.8 Å².